The molecule has 0 bridgehead atoms. The molecule has 0 N–H and O–H groups in total. The van der Waals surface area contributed by atoms with Crippen LogP contribution in [0.5, 0.6) is 0 Å². The summed E-state index contributed by atoms with van der Waals surface area (Å²) in [7, 11) is 2.13. The van der Waals surface area contributed by atoms with Crippen LogP contribution in [-0.2, 0) is 14.3 Å². The number of anilines is 1. The van der Waals surface area contributed by atoms with Crippen LogP contribution in [0.15, 0.2) is 46.8 Å². The molecule has 1 amide bonds. The monoisotopic (exact) mass is 610 g/mol. The number of amidine groups is 1. The van der Waals surface area contributed by atoms with Crippen LogP contribution in [0.1, 0.15) is 101 Å². The summed E-state index contributed by atoms with van der Waals surface area (Å²) < 4.78 is 10.9. The topological polar surface area (TPSA) is 74.7 Å². The van der Waals surface area contributed by atoms with Crippen molar-refractivity contribution in [2.24, 2.45) is 4.99 Å². The number of amides is 1. The first-order chi connectivity index (χ1) is 21.0. The lowest BCUT2D eigenvalue weighted by atomic mass is 10.1. The van der Waals surface area contributed by atoms with Crippen LogP contribution in [0.25, 0.3) is 0 Å². The molecule has 1 aromatic heterocycles. The second-order valence-corrected chi connectivity index (χ2v) is 13.0. The minimum atomic E-state index is -0.576. The van der Waals surface area contributed by atoms with Crippen molar-refractivity contribution in [1.82, 2.24) is 9.80 Å². The van der Waals surface area contributed by atoms with Crippen molar-refractivity contribution in [3.8, 4) is 0 Å². The Bertz CT molecular complexity index is 1190. The molecule has 2 aliphatic heterocycles. The van der Waals surface area contributed by atoms with E-state index >= 15 is 0 Å². The smallest absolute Gasteiger partial charge is 0.422 e. The first-order valence-corrected chi connectivity index (χ1v) is 17.1. The van der Waals surface area contributed by atoms with Gasteiger partial charge in [0.2, 0.25) is 6.79 Å². The predicted octanol–water partition coefficient (Wildman–Crippen LogP) is 7.94. The maximum absolute atomic E-state index is 13.6. The van der Waals surface area contributed by atoms with E-state index in [-0.39, 0.29) is 5.97 Å². The molecule has 236 valence electrons. The molecule has 0 aromatic carbocycles. The Labute approximate surface area is 262 Å². The highest BCUT2D eigenvalue weighted by Crippen LogP contribution is 2.40. The van der Waals surface area contributed by atoms with Crippen LogP contribution in [0.4, 0.5) is 9.80 Å². The van der Waals surface area contributed by atoms with Crippen molar-refractivity contribution >= 4 is 34.2 Å². The largest absolute Gasteiger partial charge is 0.428 e. The van der Waals surface area contributed by atoms with Crippen molar-refractivity contribution < 1.29 is 19.1 Å². The molecule has 8 nitrogen and oxygen atoms in total. The number of thiophene rings is 1. The highest BCUT2D eigenvalue weighted by atomic mass is 32.1. The maximum atomic E-state index is 13.6. The number of ether oxygens (including phenoxy) is 2. The maximum Gasteiger partial charge on any atom is 0.422 e. The minimum Gasteiger partial charge on any atom is -0.428 e. The summed E-state index contributed by atoms with van der Waals surface area (Å²) in [5.41, 5.74) is 2.33. The lowest BCUT2D eigenvalue weighted by Crippen LogP contribution is -2.47. The third-order valence-electron chi connectivity index (χ3n) is 8.22. The molecule has 43 heavy (non-hydrogen) atoms. The molecule has 3 aliphatic rings. The van der Waals surface area contributed by atoms with Crippen LogP contribution in [0.3, 0.4) is 0 Å². The van der Waals surface area contributed by atoms with E-state index in [1.54, 1.807) is 16.2 Å². The second-order valence-electron chi connectivity index (χ2n) is 11.8. The Morgan fingerprint density at radius 1 is 0.930 bits per heavy atom. The molecule has 4 rings (SSSR count). The number of piperazine rings is 1. The van der Waals surface area contributed by atoms with Gasteiger partial charge in [0.15, 0.2) is 0 Å². The Kier molecular flexibility index (Phi) is 13.4. The molecule has 1 fully saturated rings. The SMILES string of the molecule is CCCCCCCCCCCCCC(=O)OCOC(=O)N1C2=CC=CCC=C2N=C(N2CCN(C)CC2)c2cc(C)sc21. The van der Waals surface area contributed by atoms with E-state index in [0.29, 0.717) is 12.1 Å². The lowest BCUT2D eigenvalue weighted by Gasteiger charge is -2.34. The van der Waals surface area contributed by atoms with E-state index in [2.05, 4.69) is 29.8 Å². The fourth-order valence-electron chi connectivity index (χ4n) is 5.67. The van der Waals surface area contributed by atoms with Crippen molar-refractivity contribution in [2.75, 3.05) is 44.9 Å². The molecule has 0 unspecified atom stereocenters. The Morgan fingerprint density at radius 2 is 1.60 bits per heavy atom. The number of carbonyl (C=O) groups excluding carboxylic acids is 2. The average molecular weight is 611 g/mol. The number of rotatable bonds is 14. The second kappa shape index (κ2) is 17.4. The number of hydrogen-bond donors (Lipinski definition) is 0. The molecule has 1 saturated heterocycles. The molecule has 0 spiro atoms. The van der Waals surface area contributed by atoms with Crippen LogP contribution in [0.2, 0.25) is 0 Å². The molecular formula is C34H50N4O4S. The van der Waals surface area contributed by atoms with Crippen LogP contribution in [-0.4, -0.2) is 67.7 Å². The van der Waals surface area contributed by atoms with E-state index in [1.807, 2.05) is 31.2 Å². The van der Waals surface area contributed by atoms with Crippen molar-refractivity contribution in [1.29, 1.82) is 0 Å². The van der Waals surface area contributed by atoms with Gasteiger partial charge in [-0.1, -0.05) is 89.4 Å². The van der Waals surface area contributed by atoms with Gasteiger partial charge in [0, 0.05) is 37.5 Å². The van der Waals surface area contributed by atoms with Gasteiger partial charge in [-0.2, -0.15) is 0 Å². The van der Waals surface area contributed by atoms with E-state index < -0.39 is 12.9 Å². The molecule has 3 heterocycles. The van der Waals surface area contributed by atoms with Crippen molar-refractivity contribution in [2.45, 2.75) is 97.3 Å². The normalized spacial score (nSPS) is 16.9. The number of nitrogens with zero attached hydrogens (tertiary/aromatic N) is 4. The molecular weight excluding hydrogens is 560 g/mol. The van der Waals surface area contributed by atoms with E-state index in [1.165, 1.54) is 51.4 Å². The summed E-state index contributed by atoms with van der Waals surface area (Å²) >= 11 is 1.54. The Balaban J connectivity index is 1.29. The van der Waals surface area contributed by atoms with Gasteiger partial charge in [-0.05, 0) is 39.0 Å². The molecule has 0 saturated carbocycles. The first-order valence-electron chi connectivity index (χ1n) is 16.3. The van der Waals surface area contributed by atoms with Crippen molar-refractivity contribution in [3.05, 3.63) is 52.2 Å². The number of carbonyl (C=O) groups is 2. The number of likely N-dealkylation sites (N-methyl/N-ethyl adjacent to an activating group) is 1. The Hall–Kier alpha value is -2.91. The van der Waals surface area contributed by atoms with Gasteiger partial charge in [0.25, 0.3) is 0 Å². The molecule has 0 atom stereocenters. The molecule has 1 aromatic rings. The van der Waals surface area contributed by atoms with E-state index in [9.17, 15) is 9.59 Å². The lowest BCUT2D eigenvalue weighted by molar-refractivity contribution is -0.151. The summed E-state index contributed by atoms with van der Waals surface area (Å²) in [6, 6.07) is 2.10. The van der Waals surface area contributed by atoms with Gasteiger partial charge in [-0.25, -0.2) is 14.7 Å². The van der Waals surface area contributed by atoms with Crippen LogP contribution < -0.4 is 4.90 Å². The van der Waals surface area contributed by atoms with Gasteiger partial charge in [-0.3, -0.25) is 4.79 Å². The van der Waals surface area contributed by atoms with E-state index in [0.717, 1.165) is 78.8 Å². The van der Waals surface area contributed by atoms with Gasteiger partial charge in [-0.15, -0.1) is 11.3 Å². The van der Waals surface area contributed by atoms with Gasteiger partial charge in [0.1, 0.15) is 10.8 Å². The van der Waals surface area contributed by atoms with E-state index in [4.69, 9.17) is 14.5 Å². The van der Waals surface area contributed by atoms with Gasteiger partial charge >= 0.3 is 12.1 Å². The number of esters is 1. The zero-order valence-corrected chi connectivity index (χ0v) is 27.3. The van der Waals surface area contributed by atoms with Gasteiger partial charge < -0.3 is 19.3 Å². The van der Waals surface area contributed by atoms with Crippen LogP contribution in [0, 0.1) is 6.92 Å². The highest BCUT2D eigenvalue weighted by Gasteiger charge is 2.35. The van der Waals surface area contributed by atoms with Gasteiger partial charge in [0.05, 0.1) is 17.0 Å². The zero-order valence-electron chi connectivity index (χ0n) is 26.4. The minimum absolute atomic E-state index is 0.329. The predicted molar refractivity (Wildman–Crippen MR) is 176 cm³/mol. The highest BCUT2D eigenvalue weighted by molar-refractivity contribution is 7.16. The zero-order chi connectivity index (χ0) is 30.4. The summed E-state index contributed by atoms with van der Waals surface area (Å²) in [4.78, 5) is 38.4. The standard InChI is InChI=1S/C34H50N4O4S/c1-4-5-6-7-8-9-10-11-12-13-17-20-31(39)41-26-42-34(40)38-30-19-16-14-15-18-29(30)35-32(28-25-27(2)43-33(28)38)37-23-21-36(3)22-24-37/h14,16,18-19,25H,4-13,15,17,20-24,26H2,1-3H3. The fourth-order valence-corrected chi connectivity index (χ4v) is 6.67. The van der Waals surface area contributed by atoms with Crippen LogP contribution >= 0.6 is 11.3 Å². The number of aliphatic imine (C=N–C) groups is 1. The number of hydrogen-bond acceptors (Lipinski definition) is 8. The third kappa shape index (κ3) is 9.80. The molecule has 9 heteroatoms. The Morgan fingerprint density at radius 3 is 2.30 bits per heavy atom. The number of fused-ring (bicyclic) bond motifs is 2. The number of unbranched alkanes of at least 4 members (excludes halogenated alkanes) is 10. The summed E-state index contributed by atoms with van der Waals surface area (Å²) in [5, 5.41) is 0.775. The third-order valence-corrected chi connectivity index (χ3v) is 9.25. The first kappa shape index (κ1) is 33.0. The average Bonchev–Trinajstić information content (AvgIpc) is 3.15. The molecule has 1 aliphatic carbocycles. The summed E-state index contributed by atoms with van der Waals surface area (Å²) in [6.45, 7) is 7.54. The summed E-state index contributed by atoms with van der Waals surface area (Å²) in [5.74, 6) is 0.560. The quantitative estimate of drug-likeness (QED) is 0.121. The number of aryl methyl sites for hydroxylation is 1. The summed E-state index contributed by atoms with van der Waals surface area (Å²) in [6.07, 6.45) is 21.9. The van der Waals surface area contributed by atoms with Crippen molar-refractivity contribution in [3.63, 3.8) is 0 Å². The number of allylic oxidation sites excluding steroid dienone is 4. The fraction of sp³-hybridized carbons (Fsp3) is 0.618. The molecule has 0 radical (unpaired) electrons.